The number of hydrogen-bond donors (Lipinski definition) is 0. The molecule has 1 nitrogen and oxygen atoms in total. The average Bonchev–Trinajstić information content (AvgIpc) is 2.16. The standard InChI is InChI=1S/C12H25O/c1-3-5-7-8-10-12-13-11-9-6-4-2/h2-12H2,1H3. The second kappa shape index (κ2) is 12.0. The topological polar surface area (TPSA) is 9.23 Å². The lowest BCUT2D eigenvalue weighted by Crippen LogP contribution is -1.96. The quantitative estimate of drug-likeness (QED) is 0.468. The van der Waals surface area contributed by atoms with Crippen molar-refractivity contribution in [3.63, 3.8) is 0 Å². The highest BCUT2D eigenvalue weighted by atomic mass is 16.5. The molecule has 0 aromatic heterocycles. The molecule has 0 aromatic rings. The zero-order valence-corrected chi connectivity index (χ0v) is 9.19. The molecule has 0 amide bonds. The van der Waals surface area contributed by atoms with Crippen LogP contribution < -0.4 is 0 Å². The SMILES string of the molecule is [CH2]CCCCOCCCCCCC. The summed E-state index contributed by atoms with van der Waals surface area (Å²) in [5.41, 5.74) is 0. The zero-order chi connectivity index (χ0) is 9.78. The second-order valence-corrected chi connectivity index (χ2v) is 3.59. The molecule has 0 unspecified atom stereocenters. The fourth-order valence-electron chi connectivity index (χ4n) is 1.29. The van der Waals surface area contributed by atoms with E-state index in [-0.39, 0.29) is 0 Å². The van der Waals surface area contributed by atoms with Gasteiger partial charge in [-0.3, -0.25) is 0 Å². The van der Waals surface area contributed by atoms with Gasteiger partial charge in [-0.15, -0.1) is 0 Å². The van der Waals surface area contributed by atoms with Crippen LogP contribution in [0, 0.1) is 6.92 Å². The monoisotopic (exact) mass is 185 g/mol. The molecule has 0 spiro atoms. The third-order valence-electron chi connectivity index (χ3n) is 2.18. The molecule has 0 N–H and O–H groups in total. The fraction of sp³-hybridized carbons (Fsp3) is 0.917. The normalized spacial score (nSPS) is 10.6. The Labute approximate surface area is 83.9 Å². The molecule has 1 radical (unpaired) electrons. The molecule has 0 bridgehead atoms. The average molecular weight is 185 g/mol. The summed E-state index contributed by atoms with van der Waals surface area (Å²) in [6.45, 7) is 7.94. The first kappa shape index (κ1) is 13.0. The van der Waals surface area contributed by atoms with Crippen molar-refractivity contribution in [1.82, 2.24) is 0 Å². The third kappa shape index (κ3) is 12.0. The van der Waals surface area contributed by atoms with Gasteiger partial charge in [-0.2, -0.15) is 0 Å². The van der Waals surface area contributed by atoms with Crippen LogP contribution in [0.4, 0.5) is 0 Å². The minimum absolute atomic E-state index is 0.934. The zero-order valence-electron chi connectivity index (χ0n) is 9.19. The first-order chi connectivity index (χ1) is 6.41. The third-order valence-corrected chi connectivity index (χ3v) is 2.18. The summed E-state index contributed by atoms with van der Waals surface area (Å²) in [7, 11) is 0. The Morgan fingerprint density at radius 2 is 1.46 bits per heavy atom. The Hall–Kier alpha value is -0.0400. The van der Waals surface area contributed by atoms with Crippen molar-refractivity contribution < 1.29 is 4.74 Å². The van der Waals surface area contributed by atoms with E-state index in [9.17, 15) is 0 Å². The van der Waals surface area contributed by atoms with E-state index >= 15 is 0 Å². The van der Waals surface area contributed by atoms with Gasteiger partial charge in [-0.05, 0) is 12.8 Å². The highest BCUT2D eigenvalue weighted by molar-refractivity contribution is 4.44. The van der Waals surface area contributed by atoms with Gasteiger partial charge in [0.05, 0.1) is 0 Å². The summed E-state index contributed by atoms with van der Waals surface area (Å²) >= 11 is 0. The van der Waals surface area contributed by atoms with Crippen LogP contribution in [0.5, 0.6) is 0 Å². The second-order valence-electron chi connectivity index (χ2n) is 3.59. The molecule has 0 heterocycles. The van der Waals surface area contributed by atoms with Gasteiger partial charge in [0.2, 0.25) is 0 Å². The van der Waals surface area contributed by atoms with E-state index in [0.717, 1.165) is 19.6 Å². The van der Waals surface area contributed by atoms with Crippen LogP contribution in [0.2, 0.25) is 0 Å². The lowest BCUT2D eigenvalue weighted by Gasteiger charge is -2.03. The largest absolute Gasteiger partial charge is 0.381 e. The van der Waals surface area contributed by atoms with Crippen LogP contribution in [0.1, 0.15) is 58.3 Å². The molecule has 0 rings (SSSR count). The Bertz CT molecular complexity index is 71.2. The number of unbranched alkanes of at least 4 members (excludes halogenated alkanes) is 6. The Morgan fingerprint density at radius 1 is 0.846 bits per heavy atom. The molecule has 0 aromatic carbocycles. The minimum atomic E-state index is 0.934. The van der Waals surface area contributed by atoms with Gasteiger partial charge in [-0.1, -0.05) is 52.4 Å². The van der Waals surface area contributed by atoms with Gasteiger partial charge in [-0.25, -0.2) is 0 Å². The predicted molar refractivity (Wildman–Crippen MR) is 58.8 cm³/mol. The van der Waals surface area contributed by atoms with Crippen LogP contribution in [-0.4, -0.2) is 13.2 Å². The smallest absolute Gasteiger partial charge is 0.0466 e. The summed E-state index contributed by atoms with van der Waals surface area (Å²) < 4.78 is 5.49. The number of ether oxygens (including phenoxy) is 1. The first-order valence-electron chi connectivity index (χ1n) is 5.78. The molecular weight excluding hydrogens is 160 g/mol. The molecule has 0 fully saturated rings. The molecule has 79 valence electrons. The van der Waals surface area contributed by atoms with Gasteiger partial charge in [0.1, 0.15) is 0 Å². The van der Waals surface area contributed by atoms with Gasteiger partial charge in [0.15, 0.2) is 0 Å². The van der Waals surface area contributed by atoms with E-state index in [1.807, 2.05) is 0 Å². The number of rotatable bonds is 10. The molecule has 0 aliphatic carbocycles. The van der Waals surface area contributed by atoms with Crippen LogP contribution in [0.3, 0.4) is 0 Å². The molecule has 13 heavy (non-hydrogen) atoms. The summed E-state index contributed by atoms with van der Waals surface area (Å²) in [5.74, 6) is 0. The summed E-state index contributed by atoms with van der Waals surface area (Å²) in [4.78, 5) is 0. The van der Waals surface area contributed by atoms with Gasteiger partial charge in [0, 0.05) is 13.2 Å². The molecule has 0 atom stereocenters. The molecule has 0 aliphatic rings. The lowest BCUT2D eigenvalue weighted by molar-refractivity contribution is 0.126. The van der Waals surface area contributed by atoms with Crippen molar-refractivity contribution in [2.75, 3.05) is 13.2 Å². The summed E-state index contributed by atoms with van der Waals surface area (Å²) in [5, 5.41) is 0. The van der Waals surface area contributed by atoms with Crippen LogP contribution >= 0.6 is 0 Å². The van der Waals surface area contributed by atoms with Crippen LogP contribution in [0.25, 0.3) is 0 Å². The van der Waals surface area contributed by atoms with Crippen molar-refractivity contribution in [3.05, 3.63) is 6.92 Å². The van der Waals surface area contributed by atoms with Crippen molar-refractivity contribution in [2.45, 2.75) is 58.3 Å². The maximum atomic E-state index is 5.49. The highest BCUT2D eigenvalue weighted by Crippen LogP contribution is 2.02. The maximum absolute atomic E-state index is 5.49. The van der Waals surface area contributed by atoms with Crippen molar-refractivity contribution in [2.24, 2.45) is 0 Å². The molecule has 0 saturated carbocycles. The van der Waals surface area contributed by atoms with Crippen LogP contribution in [-0.2, 0) is 4.74 Å². The fourth-order valence-corrected chi connectivity index (χ4v) is 1.29. The van der Waals surface area contributed by atoms with Crippen LogP contribution in [0.15, 0.2) is 0 Å². The Morgan fingerprint density at radius 3 is 2.08 bits per heavy atom. The Kier molecular flexibility index (Phi) is 11.9. The maximum Gasteiger partial charge on any atom is 0.0466 e. The minimum Gasteiger partial charge on any atom is -0.381 e. The summed E-state index contributed by atoms with van der Waals surface area (Å²) in [6, 6.07) is 0. The van der Waals surface area contributed by atoms with Crippen molar-refractivity contribution in [1.29, 1.82) is 0 Å². The molecule has 0 saturated heterocycles. The van der Waals surface area contributed by atoms with Gasteiger partial charge >= 0.3 is 0 Å². The first-order valence-corrected chi connectivity index (χ1v) is 5.78. The van der Waals surface area contributed by atoms with E-state index in [4.69, 9.17) is 4.74 Å². The number of hydrogen-bond acceptors (Lipinski definition) is 1. The van der Waals surface area contributed by atoms with Gasteiger partial charge in [0.25, 0.3) is 0 Å². The lowest BCUT2D eigenvalue weighted by atomic mass is 10.2. The van der Waals surface area contributed by atoms with E-state index in [0.29, 0.717) is 0 Å². The van der Waals surface area contributed by atoms with Gasteiger partial charge < -0.3 is 4.74 Å². The Balaban J connectivity index is 2.76. The molecule has 1 heteroatoms. The van der Waals surface area contributed by atoms with E-state index < -0.39 is 0 Å². The van der Waals surface area contributed by atoms with E-state index in [1.165, 1.54) is 44.9 Å². The van der Waals surface area contributed by atoms with Crippen molar-refractivity contribution >= 4 is 0 Å². The van der Waals surface area contributed by atoms with Crippen molar-refractivity contribution in [3.8, 4) is 0 Å². The summed E-state index contributed by atoms with van der Waals surface area (Å²) in [6.07, 6.45) is 10.1. The molecular formula is C12H25O. The predicted octanol–water partition coefficient (Wildman–Crippen LogP) is 3.98. The van der Waals surface area contributed by atoms with E-state index in [2.05, 4.69) is 13.8 Å². The molecule has 0 aliphatic heterocycles. The van der Waals surface area contributed by atoms with E-state index in [1.54, 1.807) is 0 Å². The highest BCUT2D eigenvalue weighted by Gasteiger charge is 1.90.